The van der Waals surface area contributed by atoms with E-state index in [1.54, 1.807) is 12.1 Å². The first kappa shape index (κ1) is 13.3. The molecule has 0 radical (unpaired) electrons. The van der Waals surface area contributed by atoms with Crippen molar-refractivity contribution in [2.24, 2.45) is 5.41 Å². The Morgan fingerprint density at radius 3 is 2.84 bits per heavy atom. The van der Waals surface area contributed by atoms with E-state index in [1.165, 1.54) is 25.3 Å². The molecule has 4 heteroatoms. The van der Waals surface area contributed by atoms with E-state index in [4.69, 9.17) is 11.6 Å². The Balaban J connectivity index is 1.66. The van der Waals surface area contributed by atoms with Gasteiger partial charge in [0.05, 0.1) is 0 Å². The fraction of sp³-hybridized carbons (Fsp3) is 0.600. The topological polar surface area (TPSA) is 15.3 Å². The maximum atomic E-state index is 13.8. The molecule has 0 saturated carbocycles. The zero-order chi connectivity index (χ0) is 13.3. The van der Waals surface area contributed by atoms with Crippen LogP contribution in [0.5, 0.6) is 0 Å². The minimum absolute atomic E-state index is 0.143. The summed E-state index contributed by atoms with van der Waals surface area (Å²) < 4.78 is 13.8. The fourth-order valence-electron chi connectivity index (χ4n) is 3.43. The van der Waals surface area contributed by atoms with Gasteiger partial charge >= 0.3 is 0 Å². The van der Waals surface area contributed by atoms with Crippen LogP contribution in [0.25, 0.3) is 0 Å². The first-order chi connectivity index (χ1) is 9.17. The third kappa shape index (κ3) is 2.93. The van der Waals surface area contributed by atoms with E-state index >= 15 is 0 Å². The lowest BCUT2D eigenvalue weighted by molar-refractivity contribution is 0.193. The second-order valence-electron chi connectivity index (χ2n) is 5.95. The van der Waals surface area contributed by atoms with Crippen LogP contribution in [0, 0.1) is 11.2 Å². The van der Waals surface area contributed by atoms with Crippen LogP contribution in [-0.4, -0.2) is 31.1 Å². The molecule has 1 spiro atoms. The number of rotatable bonds is 2. The lowest BCUT2D eigenvalue weighted by Crippen LogP contribution is -2.38. The Morgan fingerprint density at radius 1 is 1.26 bits per heavy atom. The van der Waals surface area contributed by atoms with Gasteiger partial charge in [-0.1, -0.05) is 11.6 Å². The third-order valence-corrected chi connectivity index (χ3v) is 4.82. The Bertz CT molecular complexity index is 457. The van der Waals surface area contributed by atoms with Crippen molar-refractivity contribution in [3.63, 3.8) is 0 Å². The van der Waals surface area contributed by atoms with E-state index < -0.39 is 0 Å². The highest BCUT2D eigenvalue weighted by atomic mass is 35.5. The van der Waals surface area contributed by atoms with Crippen molar-refractivity contribution in [1.82, 2.24) is 10.2 Å². The van der Waals surface area contributed by atoms with Gasteiger partial charge in [0.25, 0.3) is 0 Å². The van der Waals surface area contributed by atoms with Crippen molar-refractivity contribution in [2.75, 3.05) is 26.2 Å². The van der Waals surface area contributed by atoms with Crippen LogP contribution in [0.4, 0.5) is 4.39 Å². The molecule has 0 aliphatic carbocycles. The van der Waals surface area contributed by atoms with Crippen LogP contribution in [-0.2, 0) is 6.54 Å². The number of halogens is 2. The van der Waals surface area contributed by atoms with E-state index in [-0.39, 0.29) is 5.82 Å². The molecule has 19 heavy (non-hydrogen) atoms. The van der Waals surface area contributed by atoms with E-state index in [0.717, 1.165) is 31.7 Å². The van der Waals surface area contributed by atoms with Crippen LogP contribution in [0.15, 0.2) is 18.2 Å². The number of likely N-dealkylation sites (tertiary alicyclic amines) is 1. The van der Waals surface area contributed by atoms with Gasteiger partial charge in [0.15, 0.2) is 0 Å². The molecule has 2 saturated heterocycles. The maximum absolute atomic E-state index is 13.8. The highest BCUT2D eigenvalue weighted by molar-refractivity contribution is 6.30. The van der Waals surface area contributed by atoms with Gasteiger partial charge in [-0.3, -0.25) is 4.90 Å². The van der Waals surface area contributed by atoms with Crippen molar-refractivity contribution in [3.05, 3.63) is 34.6 Å². The summed E-state index contributed by atoms with van der Waals surface area (Å²) in [6.45, 7) is 5.10. The molecule has 0 atom stereocenters. The molecule has 0 aromatic heterocycles. The van der Waals surface area contributed by atoms with Crippen molar-refractivity contribution < 1.29 is 4.39 Å². The molecule has 2 fully saturated rings. The van der Waals surface area contributed by atoms with Gasteiger partial charge in [0, 0.05) is 23.7 Å². The van der Waals surface area contributed by atoms with E-state index in [0.29, 0.717) is 17.0 Å². The molecule has 2 nitrogen and oxygen atoms in total. The van der Waals surface area contributed by atoms with Gasteiger partial charge in [0.1, 0.15) is 5.82 Å². The molecule has 1 aromatic rings. The van der Waals surface area contributed by atoms with Crippen molar-refractivity contribution in [1.29, 1.82) is 0 Å². The van der Waals surface area contributed by atoms with Gasteiger partial charge in [-0.2, -0.15) is 0 Å². The average molecular weight is 283 g/mol. The summed E-state index contributed by atoms with van der Waals surface area (Å²) in [5.74, 6) is -0.143. The number of nitrogens with one attached hydrogen (secondary N) is 1. The van der Waals surface area contributed by atoms with Crippen LogP contribution in [0.1, 0.15) is 24.8 Å². The minimum atomic E-state index is -0.143. The lowest BCUT2D eigenvalue weighted by atomic mass is 9.78. The molecule has 1 N–H and O–H groups in total. The first-order valence-corrected chi connectivity index (χ1v) is 7.42. The molecule has 0 amide bonds. The summed E-state index contributed by atoms with van der Waals surface area (Å²) in [5, 5.41) is 4.04. The normalized spacial score (nSPS) is 23.1. The maximum Gasteiger partial charge on any atom is 0.127 e. The fourth-order valence-corrected chi connectivity index (χ4v) is 3.63. The predicted octanol–water partition coefficient (Wildman–Crippen LogP) is 3.05. The Kier molecular flexibility index (Phi) is 3.79. The quantitative estimate of drug-likeness (QED) is 0.897. The Labute approximate surface area is 118 Å². The zero-order valence-electron chi connectivity index (χ0n) is 11.1. The van der Waals surface area contributed by atoms with Crippen LogP contribution < -0.4 is 5.32 Å². The predicted molar refractivity (Wildman–Crippen MR) is 75.8 cm³/mol. The van der Waals surface area contributed by atoms with Crippen LogP contribution in [0.2, 0.25) is 5.02 Å². The molecule has 2 heterocycles. The summed E-state index contributed by atoms with van der Waals surface area (Å²) in [5.41, 5.74) is 1.19. The Hall–Kier alpha value is -0.640. The van der Waals surface area contributed by atoms with Crippen LogP contribution >= 0.6 is 11.6 Å². The number of benzene rings is 1. The average Bonchev–Trinajstić information content (AvgIpc) is 2.78. The van der Waals surface area contributed by atoms with Gasteiger partial charge in [-0.15, -0.1) is 0 Å². The summed E-state index contributed by atoms with van der Waals surface area (Å²) in [6, 6.07) is 4.83. The largest absolute Gasteiger partial charge is 0.317 e. The molecule has 104 valence electrons. The van der Waals surface area contributed by atoms with E-state index in [9.17, 15) is 4.39 Å². The standard InChI is InChI=1S/C15H20ClFN2/c16-13-1-2-14(17)12(9-13)10-19-8-5-15(11-19)3-6-18-7-4-15/h1-2,9,18H,3-8,10-11H2. The SMILES string of the molecule is Fc1ccc(Cl)cc1CN1CCC2(CCNCC2)C1. The summed E-state index contributed by atoms with van der Waals surface area (Å²) in [6.07, 6.45) is 3.75. The van der Waals surface area contributed by atoms with Gasteiger partial charge in [-0.05, 0) is 62.5 Å². The monoisotopic (exact) mass is 282 g/mol. The van der Waals surface area contributed by atoms with Gasteiger partial charge < -0.3 is 5.32 Å². The first-order valence-electron chi connectivity index (χ1n) is 7.04. The van der Waals surface area contributed by atoms with Crippen molar-refractivity contribution in [3.8, 4) is 0 Å². The van der Waals surface area contributed by atoms with E-state index in [1.807, 2.05) is 0 Å². The highest BCUT2D eigenvalue weighted by Crippen LogP contribution is 2.39. The second kappa shape index (κ2) is 5.39. The summed E-state index contributed by atoms with van der Waals surface area (Å²) in [7, 11) is 0. The third-order valence-electron chi connectivity index (χ3n) is 4.58. The van der Waals surface area contributed by atoms with E-state index in [2.05, 4.69) is 10.2 Å². The summed E-state index contributed by atoms with van der Waals surface area (Å²) in [4.78, 5) is 2.38. The number of hydrogen-bond donors (Lipinski definition) is 1. The van der Waals surface area contributed by atoms with Crippen LogP contribution in [0.3, 0.4) is 0 Å². The molecule has 3 rings (SSSR count). The van der Waals surface area contributed by atoms with Crippen molar-refractivity contribution >= 4 is 11.6 Å². The zero-order valence-corrected chi connectivity index (χ0v) is 11.8. The lowest BCUT2D eigenvalue weighted by Gasteiger charge is -2.34. The second-order valence-corrected chi connectivity index (χ2v) is 6.38. The molecular weight excluding hydrogens is 263 g/mol. The number of piperidine rings is 1. The molecular formula is C15H20ClFN2. The summed E-state index contributed by atoms with van der Waals surface area (Å²) >= 11 is 5.95. The number of hydrogen-bond acceptors (Lipinski definition) is 2. The molecule has 0 bridgehead atoms. The van der Waals surface area contributed by atoms with Crippen molar-refractivity contribution in [2.45, 2.75) is 25.8 Å². The molecule has 1 aromatic carbocycles. The molecule has 2 aliphatic rings. The van der Waals surface area contributed by atoms with Gasteiger partial charge in [-0.25, -0.2) is 4.39 Å². The Morgan fingerprint density at radius 2 is 2.05 bits per heavy atom. The van der Waals surface area contributed by atoms with Gasteiger partial charge in [0.2, 0.25) is 0 Å². The highest BCUT2D eigenvalue weighted by Gasteiger charge is 2.38. The molecule has 0 unspecified atom stereocenters. The smallest absolute Gasteiger partial charge is 0.127 e. The minimum Gasteiger partial charge on any atom is -0.317 e. The molecule has 2 aliphatic heterocycles. The number of nitrogens with zero attached hydrogens (tertiary/aromatic N) is 1.